The second kappa shape index (κ2) is 4.90. The Bertz CT molecular complexity index is 387. The number of hydrogen-bond donors (Lipinski definition) is 1. The van der Waals surface area contributed by atoms with Gasteiger partial charge in [-0.05, 0) is 44.5 Å². The summed E-state index contributed by atoms with van der Waals surface area (Å²) in [5.41, 5.74) is 1.44. The Hall–Kier alpha value is -1.06. The van der Waals surface area contributed by atoms with Gasteiger partial charge in [0.2, 0.25) is 0 Å². The van der Waals surface area contributed by atoms with Gasteiger partial charge < -0.3 is 15.0 Å². The Labute approximate surface area is 109 Å². The van der Waals surface area contributed by atoms with Gasteiger partial charge in [-0.15, -0.1) is 0 Å². The fourth-order valence-electron chi connectivity index (χ4n) is 3.17. The minimum absolute atomic E-state index is 0.152. The number of nitrogens with one attached hydrogen (secondary N) is 1. The van der Waals surface area contributed by atoms with Crippen LogP contribution in [0.3, 0.4) is 0 Å². The van der Waals surface area contributed by atoms with Crippen LogP contribution in [0.4, 0.5) is 5.69 Å². The monoisotopic (exact) mass is 246 g/mol. The number of piperidine rings is 1. The lowest BCUT2D eigenvalue weighted by molar-refractivity contribution is -0.0192. The highest BCUT2D eigenvalue weighted by atomic mass is 16.5. The number of para-hydroxylation sites is 1. The summed E-state index contributed by atoms with van der Waals surface area (Å²) in [5.74, 6) is 0. The third-order valence-corrected chi connectivity index (χ3v) is 4.42. The van der Waals surface area contributed by atoms with Crippen LogP contribution in [-0.4, -0.2) is 38.4 Å². The fourth-order valence-corrected chi connectivity index (χ4v) is 3.17. The van der Waals surface area contributed by atoms with Crippen LogP contribution in [0, 0.1) is 0 Å². The molecular formula is C15H22N2O. The van der Waals surface area contributed by atoms with Crippen LogP contribution in [0.5, 0.6) is 0 Å². The number of ether oxygens (including phenoxy) is 1. The van der Waals surface area contributed by atoms with Gasteiger partial charge in [-0.2, -0.15) is 0 Å². The second-order valence-corrected chi connectivity index (χ2v) is 5.55. The van der Waals surface area contributed by atoms with Crippen molar-refractivity contribution in [3.8, 4) is 0 Å². The molecule has 3 rings (SSSR count). The maximum atomic E-state index is 6.15. The van der Waals surface area contributed by atoms with Crippen molar-refractivity contribution in [2.45, 2.75) is 30.9 Å². The first-order valence-corrected chi connectivity index (χ1v) is 6.92. The smallest absolute Gasteiger partial charge is 0.0728 e. The number of hydrogen-bond acceptors (Lipinski definition) is 3. The summed E-state index contributed by atoms with van der Waals surface area (Å²) in [6.45, 7) is 3.06. The summed E-state index contributed by atoms with van der Waals surface area (Å²) in [5, 5.41) is 3.42. The summed E-state index contributed by atoms with van der Waals surface area (Å²) < 4.78 is 6.15. The summed E-state index contributed by atoms with van der Waals surface area (Å²) in [4.78, 5) is 2.37. The van der Waals surface area contributed by atoms with E-state index in [1.54, 1.807) is 0 Å². The Morgan fingerprint density at radius 2 is 1.94 bits per heavy atom. The zero-order valence-corrected chi connectivity index (χ0v) is 11.1. The summed E-state index contributed by atoms with van der Waals surface area (Å²) in [7, 11) is 2.18. The lowest BCUT2D eigenvalue weighted by atomic mass is 9.88. The van der Waals surface area contributed by atoms with E-state index in [0.29, 0.717) is 6.04 Å². The van der Waals surface area contributed by atoms with Gasteiger partial charge in [0, 0.05) is 12.7 Å². The molecule has 2 saturated heterocycles. The van der Waals surface area contributed by atoms with Gasteiger partial charge in [0.15, 0.2) is 0 Å². The minimum atomic E-state index is 0.152. The maximum Gasteiger partial charge on any atom is 0.0728 e. The van der Waals surface area contributed by atoms with Crippen LogP contribution in [0.2, 0.25) is 0 Å². The van der Waals surface area contributed by atoms with E-state index in [0.717, 1.165) is 32.5 Å². The average molecular weight is 246 g/mol. The lowest BCUT2D eigenvalue weighted by Gasteiger charge is -2.33. The van der Waals surface area contributed by atoms with Crippen LogP contribution in [0.15, 0.2) is 30.3 Å². The third kappa shape index (κ3) is 2.25. The molecule has 1 atom stereocenters. The average Bonchev–Trinajstić information content (AvgIpc) is 2.83. The van der Waals surface area contributed by atoms with Crippen molar-refractivity contribution >= 4 is 5.69 Å². The first kappa shape index (κ1) is 12.0. The molecule has 2 heterocycles. The van der Waals surface area contributed by atoms with Crippen molar-refractivity contribution in [1.82, 2.24) is 5.32 Å². The highest BCUT2D eigenvalue weighted by Gasteiger charge is 2.42. The molecule has 1 aromatic carbocycles. The van der Waals surface area contributed by atoms with Crippen molar-refractivity contribution in [3.63, 3.8) is 0 Å². The second-order valence-electron chi connectivity index (χ2n) is 5.55. The van der Waals surface area contributed by atoms with Gasteiger partial charge in [0.25, 0.3) is 0 Å². The number of likely N-dealkylation sites (N-methyl/N-ethyl adjacent to an activating group) is 1. The summed E-state index contributed by atoms with van der Waals surface area (Å²) >= 11 is 0. The summed E-state index contributed by atoms with van der Waals surface area (Å²) in [6.07, 6.45) is 3.48. The molecule has 98 valence electrons. The molecule has 1 N–H and O–H groups in total. The van der Waals surface area contributed by atoms with Crippen molar-refractivity contribution in [2.75, 3.05) is 31.6 Å². The molecule has 0 amide bonds. The fraction of sp³-hybridized carbons (Fsp3) is 0.600. The largest absolute Gasteiger partial charge is 0.373 e. The van der Waals surface area contributed by atoms with E-state index in [9.17, 15) is 0 Å². The van der Waals surface area contributed by atoms with E-state index in [1.807, 2.05) is 0 Å². The molecule has 1 aromatic rings. The standard InChI is InChI=1S/C15H22N2O/c1-17(13-5-3-2-4-6-13)14-11-15(18-12-14)7-9-16-10-8-15/h2-6,14,16H,7-12H2,1H3. The van der Waals surface area contributed by atoms with E-state index >= 15 is 0 Å². The van der Waals surface area contributed by atoms with Gasteiger partial charge in [0.05, 0.1) is 18.2 Å². The topological polar surface area (TPSA) is 24.5 Å². The first-order valence-electron chi connectivity index (χ1n) is 6.92. The van der Waals surface area contributed by atoms with E-state index < -0.39 is 0 Å². The quantitative estimate of drug-likeness (QED) is 0.864. The molecule has 2 fully saturated rings. The molecule has 1 spiro atoms. The Morgan fingerprint density at radius 1 is 1.22 bits per heavy atom. The van der Waals surface area contributed by atoms with E-state index in [1.165, 1.54) is 12.1 Å². The Morgan fingerprint density at radius 3 is 2.67 bits per heavy atom. The van der Waals surface area contributed by atoms with Crippen molar-refractivity contribution in [3.05, 3.63) is 30.3 Å². The zero-order valence-electron chi connectivity index (χ0n) is 11.1. The third-order valence-electron chi connectivity index (χ3n) is 4.42. The number of anilines is 1. The maximum absolute atomic E-state index is 6.15. The molecule has 18 heavy (non-hydrogen) atoms. The van der Waals surface area contributed by atoms with Gasteiger partial charge >= 0.3 is 0 Å². The van der Waals surface area contributed by atoms with Gasteiger partial charge in [-0.25, -0.2) is 0 Å². The zero-order chi connectivity index (χ0) is 12.4. The normalized spacial score (nSPS) is 26.4. The molecule has 3 nitrogen and oxygen atoms in total. The molecular weight excluding hydrogens is 224 g/mol. The molecule has 0 bridgehead atoms. The van der Waals surface area contributed by atoms with Crippen LogP contribution in [0.25, 0.3) is 0 Å². The van der Waals surface area contributed by atoms with Gasteiger partial charge in [-0.3, -0.25) is 0 Å². The molecule has 3 heteroatoms. The molecule has 1 unspecified atom stereocenters. The van der Waals surface area contributed by atoms with Crippen molar-refractivity contribution in [1.29, 1.82) is 0 Å². The van der Waals surface area contributed by atoms with Gasteiger partial charge in [0.1, 0.15) is 0 Å². The predicted octanol–water partition coefficient (Wildman–Crippen LogP) is 2.03. The molecule has 0 saturated carbocycles. The molecule has 2 aliphatic rings. The molecule has 0 aromatic heterocycles. The minimum Gasteiger partial charge on any atom is -0.373 e. The van der Waals surface area contributed by atoms with Crippen LogP contribution in [0.1, 0.15) is 19.3 Å². The van der Waals surface area contributed by atoms with Crippen LogP contribution in [-0.2, 0) is 4.74 Å². The van der Waals surface area contributed by atoms with Gasteiger partial charge in [-0.1, -0.05) is 18.2 Å². The molecule has 2 aliphatic heterocycles. The highest BCUT2D eigenvalue weighted by Crippen LogP contribution is 2.36. The van der Waals surface area contributed by atoms with Crippen molar-refractivity contribution < 1.29 is 4.74 Å². The van der Waals surface area contributed by atoms with E-state index in [2.05, 4.69) is 47.6 Å². The van der Waals surface area contributed by atoms with Crippen LogP contribution >= 0.6 is 0 Å². The SMILES string of the molecule is CN(c1ccccc1)C1COC2(CCNCC2)C1. The Balaban J connectivity index is 1.68. The number of benzene rings is 1. The summed E-state index contributed by atoms with van der Waals surface area (Å²) in [6, 6.07) is 11.1. The molecule has 0 aliphatic carbocycles. The predicted molar refractivity (Wildman–Crippen MR) is 74.0 cm³/mol. The van der Waals surface area contributed by atoms with Crippen molar-refractivity contribution in [2.24, 2.45) is 0 Å². The lowest BCUT2D eigenvalue weighted by Crippen LogP contribution is -2.42. The molecule has 0 radical (unpaired) electrons. The highest BCUT2D eigenvalue weighted by molar-refractivity contribution is 5.46. The van der Waals surface area contributed by atoms with E-state index in [4.69, 9.17) is 4.74 Å². The first-order chi connectivity index (χ1) is 8.79. The van der Waals surface area contributed by atoms with E-state index in [-0.39, 0.29) is 5.60 Å². The Kier molecular flexibility index (Phi) is 3.27. The number of rotatable bonds is 2. The van der Waals surface area contributed by atoms with Crippen LogP contribution < -0.4 is 10.2 Å². The number of nitrogens with zero attached hydrogens (tertiary/aromatic N) is 1.